The standard InChI is InChI=1S/C27H33N3O2/c1-6-7-8-13-30-25(20-11-9-19(10-12-20)16(2)3)22-23(28-29-24(22)27(30)32)21-15-17(4)14-18(5)26(21)31/h9-12,14-16,25,31H,6-8,13H2,1-5H3,(H,28,29). The minimum absolute atomic E-state index is 0.0170. The smallest absolute Gasteiger partial charge is 0.273 e. The van der Waals surface area contributed by atoms with Gasteiger partial charge in [0.25, 0.3) is 5.91 Å². The first-order chi connectivity index (χ1) is 15.3. The van der Waals surface area contributed by atoms with Gasteiger partial charge in [0.05, 0.1) is 6.04 Å². The molecular formula is C27H33N3O2. The maximum Gasteiger partial charge on any atom is 0.273 e. The molecule has 1 atom stereocenters. The predicted octanol–water partition coefficient (Wildman–Crippen LogP) is 6.26. The number of hydrogen-bond donors (Lipinski definition) is 2. The van der Waals surface area contributed by atoms with Gasteiger partial charge in [-0.2, -0.15) is 5.10 Å². The Bertz CT molecular complexity index is 1130. The Hall–Kier alpha value is -3.08. The van der Waals surface area contributed by atoms with Gasteiger partial charge in [-0.3, -0.25) is 9.89 Å². The van der Waals surface area contributed by atoms with Crippen LogP contribution in [0.25, 0.3) is 11.3 Å². The number of aromatic hydroxyl groups is 1. The van der Waals surface area contributed by atoms with Gasteiger partial charge in [-0.15, -0.1) is 0 Å². The summed E-state index contributed by atoms with van der Waals surface area (Å²) in [5.74, 6) is 0.648. The van der Waals surface area contributed by atoms with Crippen molar-refractivity contribution >= 4 is 5.91 Å². The van der Waals surface area contributed by atoms with Gasteiger partial charge in [0.15, 0.2) is 0 Å². The highest BCUT2D eigenvalue weighted by atomic mass is 16.3. The summed E-state index contributed by atoms with van der Waals surface area (Å²) in [6, 6.07) is 12.3. The van der Waals surface area contributed by atoms with Crippen LogP contribution in [0.5, 0.6) is 5.75 Å². The molecule has 0 aliphatic carbocycles. The molecule has 1 amide bonds. The Morgan fingerprint density at radius 1 is 1.12 bits per heavy atom. The fraction of sp³-hybridized carbons (Fsp3) is 0.407. The summed E-state index contributed by atoms with van der Waals surface area (Å²) in [5, 5.41) is 18.4. The molecule has 2 aromatic carbocycles. The number of aromatic nitrogens is 2. The van der Waals surface area contributed by atoms with Gasteiger partial charge >= 0.3 is 0 Å². The van der Waals surface area contributed by atoms with Crippen LogP contribution < -0.4 is 0 Å². The number of rotatable bonds is 7. The van der Waals surface area contributed by atoms with Gasteiger partial charge in [0.2, 0.25) is 0 Å². The van der Waals surface area contributed by atoms with E-state index >= 15 is 0 Å². The Morgan fingerprint density at radius 3 is 2.50 bits per heavy atom. The van der Waals surface area contributed by atoms with Gasteiger partial charge in [-0.25, -0.2) is 0 Å². The van der Waals surface area contributed by atoms with Gasteiger partial charge in [0, 0.05) is 17.7 Å². The zero-order valence-electron chi connectivity index (χ0n) is 19.7. The van der Waals surface area contributed by atoms with E-state index in [2.05, 4.69) is 55.2 Å². The van der Waals surface area contributed by atoms with E-state index in [0.29, 0.717) is 29.4 Å². The highest BCUT2D eigenvalue weighted by Gasteiger charge is 2.42. The molecule has 2 N–H and O–H groups in total. The summed E-state index contributed by atoms with van der Waals surface area (Å²) in [7, 11) is 0. The number of carbonyl (C=O) groups excluding carboxylic acids is 1. The molecule has 32 heavy (non-hydrogen) atoms. The van der Waals surface area contributed by atoms with Crippen molar-refractivity contribution in [3.05, 3.63) is 69.9 Å². The molecular weight excluding hydrogens is 398 g/mol. The van der Waals surface area contributed by atoms with Crippen molar-refractivity contribution in [1.82, 2.24) is 15.1 Å². The number of nitrogens with one attached hydrogen (secondary N) is 1. The molecule has 5 nitrogen and oxygen atoms in total. The Kier molecular flexibility index (Phi) is 6.09. The number of unbranched alkanes of at least 4 members (excludes halogenated alkanes) is 2. The van der Waals surface area contributed by atoms with Gasteiger partial charge in [-0.05, 0) is 54.5 Å². The average Bonchev–Trinajstić information content (AvgIpc) is 3.30. The van der Waals surface area contributed by atoms with Crippen molar-refractivity contribution in [2.45, 2.75) is 65.8 Å². The van der Waals surface area contributed by atoms with E-state index in [4.69, 9.17) is 0 Å². The highest BCUT2D eigenvalue weighted by molar-refractivity contribution is 6.00. The molecule has 168 valence electrons. The number of aromatic amines is 1. The Balaban J connectivity index is 1.85. The summed E-state index contributed by atoms with van der Waals surface area (Å²) in [6.45, 7) is 11.1. The molecule has 0 radical (unpaired) electrons. The van der Waals surface area contributed by atoms with Crippen molar-refractivity contribution in [3.8, 4) is 17.0 Å². The van der Waals surface area contributed by atoms with Crippen molar-refractivity contribution in [1.29, 1.82) is 0 Å². The lowest BCUT2D eigenvalue weighted by Crippen LogP contribution is -2.30. The summed E-state index contributed by atoms with van der Waals surface area (Å²) < 4.78 is 0. The second-order valence-electron chi connectivity index (χ2n) is 9.27. The highest BCUT2D eigenvalue weighted by Crippen LogP contribution is 2.45. The molecule has 1 unspecified atom stereocenters. The van der Waals surface area contributed by atoms with Crippen LogP contribution in [-0.2, 0) is 0 Å². The molecule has 1 aliphatic rings. The fourth-order valence-corrected chi connectivity index (χ4v) is 4.72. The third kappa shape index (κ3) is 3.81. The molecule has 4 rings (SSSR count). The monoisotopic (exact) mass is 431 g/mol. The van der Waals surface area contributed by atoms with Crippen LogP contribution in [-0.4, -0.2) is 32.7 Å². The number of phenolic OH excluding ortho intramolecular Hbond substituents is 1. The lowest BCUT2D eigenvalue weighted by atomic mass is 9.92. The van der Waals surface area contributed by atoms with Gasteiger partial charge in [-0.1, -0.05) is 63.9 Å². The van der Waals surface area contributed by atoms with E-state index < -0.39 is 0 Å². The van der Waals surface area contributed by atoms with Crippen LogP contribution in [0.4, 0.5) is 0 Å². The average molecular weight is 432 g/mol. The lowest BCUT2D eigenvalue weighted by Gasteiger charge is -2.27. The normalized spacial score (nSPS) is 15.6. The van der Waals surface area contributed by atoms with Crippen molar-refractivity contribution in [2.75, 3.05) is 6.54 Å². The van der Waals surface area contributed by atoms with E-state index in [9.17, 15) is 9.90 Å². The molecule has 0 spiro atoms. The Labute approximate surface area is 190 Å². The second kappa shape index (κ2) is 8.81. The minimum Gasteiger partial charge on any atom is -0.507 e. The second-order valence-corrected chi connectivity index (χ2v) is 9.27. The van der Waals surface area contributed by atoms with E-state index in [1.807, 2.05) is 30.9 Å². The molecule has 1 aromatic heterocycles. The summed E-state index contributed by atoms with van der Waals surface area (Å²) in [6.07, 6.45) is 3.15. The van der Waals surface area contributed by atoms with Crippen LogP contribution in [0.3, 0.4) is 0 Å². The maximum absolute atomic E-state index is 13.4. The zero-order valence-corrected chi connectivity index (χ0v) is 19.7. The minimum atomic E-state index is -0.218. The third-order valence-corrected chi connectivity index (χ3v) is 6.49. The fourth-order valence-electron chi connectivity index (χ4n) is 4.72. The van der Waals surface area contributed by atoms with Crippen LogP contribution >= 0.6 is 0 Å². The Morgan fingerprint density at radius 2 is 1.84 bits per heavy atom. The van der Waals surface area contributed by atoms with Crippen LogP contribution in [0.2, 0.25) is 0 Å². The van der Waals surface area contributed by atoms with Gasteiger partial charge in [0.1, 0.15) is 17.1 Å². The first kappa shape index (κ1) is 22.1. The SMILES string of the molecule is CCCCCN1C(=O)c2[nH]nc(-c3cc(C)cc(C)c3O)c2C1c1ccc(C(C)C)cc1. The topological polar surface area (TPSA) is 69.2 Å². The summed E-state index contributed by atoms with van der Waals surface area (Å²) >= 11 is 0. The number of hydrogen-bond acceptors (Lipinski definition) is 3. The molecule has 0 bridgehead atoms. The first-order valence-corrected chi connectivity index (χ1v) is 11.6. The van der Waals surface area contributed by atoms with Crippen molar-refractivity contribution < 1.29 is 9.90 Å². The van der Waals surface area contributed by atoms with Crippen molar-refractivity contribution in [2.24, 2.45) is 0 Å². The molecule has 0 saturated carbocycles. The maximum atomic E-state index is 13.4. The number of H-pyrrole nitrogens is 1. The predicted molar refractivity (Wildman–Crippen MR) is 128 cm³/mol. The van der Waals surface area contributed by atoms with E-state index in [-0.39, 0.29) is 17.7 Å². The number of fused-ring (bicyclic) bond motifs is 1. The number of benzene rings is 2. The molecule has 3 aromatic rings. The largest absolute Gasteiger partial charge is 0.507 e. The quantitative estimate of drug-likeness (QED) is 0.434. The third-order valence-electron chi connectivity index (χ3n) is 6.49. The van der Waals surface area contributed by atoms with Crippen molar-refractivity contribution in [3.63, 3.8) is 0 Å². The lowest BCUT2D eigenvalue weighted by molar-refractivity contribution is 0.0740. The summed E-state index contributed by atoms with van der Waals surface area (Å²) in [4.78, 5) is 15.4. The number of phenols is 1. The molecule has 1 aliphatic heterocycles. The van der Waals surface area contributed by atoms with Crippen LogP contribution in [0.1, 0.15) is 90.3 Å². The zero-order chi connectivity index (χ0) is 23.0. The van der Waals surface area contributed by atoms with Crippen LogP contribution in [0.15, 0.2) is 36.4 Å². The number of nitrogens with zero attached hydrogens (tertiary/aromatic N) is 2. The summed E-state index contributed by atoms with van der Waals surface area (Å²) in [5.41, 5.74) is 6.94. The number of amides is 1. The van der Waals surface area contributed by atoms with E-state index in [0.717, 1.165) is 41.5 Å². The molecule has 0 fully saturated rings. The molecule has 5 heteroatoms. The molecule has 0 saturated heterocycles. The van der Waals surface area contributed by atoms with Crippen LogP contribution in [0, 0.1) is 13.8 Å². The van der Waals surface area contributed by atoms with E-state index in [1.54, 1.807) is 0 Å². The number of aryl methyl sites for hydroxylation is 2. The van der Waals surface area contributed by atoms with Gasteiger partial charge < -0.3 is 10.0 Å². The number of carbonyl (C=O) groups is 1. The van der Waals surface area contributed by atoms with E-state index in [1.165, 1.54) is 5.56 Å². The molecule has 2 heterocycles. The first-order valence-electron chi connectivity index (χ1n) is 11.6.